The molecule has 3 rings (SSSR count). The number of amides is 1. The Morgan fingerprint density at radius 3 is 2.74 bits per heavy atom. The van der Waals surface area contributed by atoms with Gasteiger partial charge in [0.1, 0.15) is 5.51 Å². The molecule has 0 spiro atoms. The minimum Gasteiger partial charge on any atom is -0.371 e. The highest BCUT2D eigenvalue weighted by Gasteiger charge is 2.22. The van der Waals surface area contributed by atoms with Gasteiger partial charge in [0.2, 0.25) is 5.13 Å². The Bertz CT molecular complexity index is 713. The summed E-state index contributed by atoms with van der Waals surface area (Å²) < 4.78 is 0. The highest BCUT2D eigenvalue weighted by Crippen LogP contribution is 2.28. The van der Waals surface area contributed by atoms with Crippen LogP contribution in [-0.4, -0.2) is 34.1 Å². The molecule has 1 fully saturated rings. The SMILES string of the molecule is O=C(Nc1nncs1)c1cc([N+](=O)[O-])ccc1N1CCCCC1. The van der Waals surface area contributed by atoms with Crippen LogP contribution in [0.5, 0.6) is 0 Å². The Kier molecular flexibility index (Phi) is 4.47. The molecule has 0 atom stereocenters. The maximum absolute atomic E-state index is 12.5. The molecule has 0 aliphatic carbocycles. The fraction of sp³-hybridized carbons (Fsp3) is 0.357. The highest BCUT2D eigenvalue weighted by atomic mass is 32.1. The van der Waals surface area contributed by atoms with E-state index in [-0.39, 0.29) is 11.3 Å². The number of nitro groups is 1. The first kappa shape index (κ1) is 15.3. The van der Waals surface area contributed by atoms with Crippen LogP contribution in [0.15, 0.2) is 23.7 Å². The number of anilines is 2. The predicted molar refractivity (Wildman–Crippen MR) is 87.0 cm³/mol. The lowest BCUT2D eigenvalue weighted by molar-refractivity contribution is -0.384. The summed E-state index contributed by atoms with van der Waals surface area (Å²) in [5.41, 5.74) is 2.41. The van der Waals surface area contributed by atoms with Crippen LogP contribution in [-0.2, 0) is 0 Å². The fourth-order valence-electron chi connectivity index (χ4n) is 2.62. The number of carbonyl (C=O) groups excluding carboxylic acids is 1. The molecular weight excluding hydrogens is 318 g/mol. The molecule has 2 heterocycles. The maximum atomic E-state index is 12.5. The number of carbonyl (C=O) groups is 1. The number of benzene rings is 1. The number of aromatic nitrogens is 2. The molecule has 0 radical (unpaired) electrons. The molecule has 2 aromatic rings. The van der Waals surface area contributed by atoms with E-state index in [1.165, 1.54) is 29.0 Å². The van der Waals surface area contributed by atoms with Crippen LogP contribution in [0.2, 0.25) is 0 Å². The smallest absolute Gasteiger partial charge is 0.270 e. The van der Waals surface area contributed by atoms with Gasteiger partial charge in [0.25, 0.3) is 11.6 Å². The monoisotopic (exact) mass is 333 g/mol. The van der Waals surface area contributed by atoms with Gasteiger partial charge >= 0.3 is 0 Å². The fourth-order valence-corrected chi connectivity index (χ4v) is 3.06. The van der Waals surface area contributed by atoms with Gasteiger partial charge in [0.05, 0.1) is 16.2 Å². The Labute approximate surface area is 136 Å². The molecule has 1 amide bonds. The lowest BCUT2D eigenvalue weighted by atomic mass is 10.1. The van der Waals surface area contributed by atoms with Crippen molar-refractivity contribution in [3.8, 4) is 0 Å². The largest absolute Gasteiger partial charge is 0.371 e. The van der Waals surface area contributed by atoms with E-state index in [1.54, 1.807) is 6.07 Å². The average Bonchev–Trinajstić information content (AvgIpc) is 3.08. The van der Waals surface area contributed by atoms with E-state index < -0.39 is 10.8 Å². The molecule has 0 saturated carbocycles. The van der Waals surface area contributed by atoms with E-state index in [9.17, 15) is 14.9 Å². The zero-order valence-corrected chi connectivity index (χ0v) is 13.1. The normalized spacial score (nSPS) is 14.5. The lowest BCUT2D eigenvalue weighted by Gasteiger charge is -2.30. The number of non-ortho nitro benzene ring substituents is 1. The minimum absolute atomic E-state index is 0.104. The van der Waals surface area contributed by atoms with Crippen molar-refractivity contribution in [3.05, 3.63) is 39.4 Å². The second-order valence-corrected chi connectivity index (χ2v) is 6.04. The van der Waals surface area contributed by atoms with Crippen LogP contribution in [0.1, 0.15) is 29.6 Å². The molecule has 1 aromatic carbocycles. The number of rotatable bonds is 4. The first-order valence-electron chi connectivity index (χ1n) is 7.26. The molecular formula is C14H15N5O3S. The van der Waals surface area contributed by atoms with Crippen molar-refractivity contribution in [3.63, 3.8) is 0 Å². The number of nitro benzene ring substituents is 1. The van der Waals surface area contributed by atoms with E-state index in [2.05, 4.69) is 20.4 Å². The van der Waals surface area contributed by atoms with Gasteiger partial charge in [-0.05, 0) is 25.3 Å². The molecule has 1 saturated heterocycles. The van der Waals surface area contributed by atoms with Crippen molar-refractivity contribution in [2.75, 3.05) is 23.3 Å². The molecule has 23 heavy (non-hydrogen) atoms. The van der Waals surface area contributed by atoms with E-state index >= 15 is 0 Å². The summed E-state index contributed by atoms with van der Waals surface area (Å²) in [5.74, 6) is -0.411. The number of nitrogens with one attached hydrogen (secondary N) is 1. The van der Waals surface area contributed by atoms with Crippen molar-refractivity contribution >= 4 is 33.8 Å². The summed E-state index contributed by atoms with van der Waals surface area (Å²) in [7, 11) is 0. The molecule has 120 valence electrons. The third-order valence-corrected chi connectivity index (χ3v) is 4.32. The van der Waals surface area contributed by atoms with Crippen molar-refractivity contribution < 1.29 is 9.72 Å². The first-order valence-corrected chi connectivity index (χ1v) is 8.14. The number of hydrogen-bond donors (Lipinski definition) is 1. The van der Waals surface area contributed by atoms with Gasteiger partial charge in [0, 0.05) is 25.2 Å². The van der Waals surface area contributed by atoms with Gasteiger partial charge in [-0.3, -0.25) is 20.2 Å². The molecule has 1 aromatic heterocycles. The minimum atomic E-state index is -0.498. The summed E-state index contributed by atoms with van der Waals surface area (Å²) in [5, 5.41) is 21.5. The molecule has 1 aliphatic rings. The molecule has 9 heteroatoms. The van der Waals surface area contributed by atoms with Crippen molar-refractivity contribution in [1.82, 2.24) is 10.2 Å². The van der Waals surface area contributed by atoms with Crippen LogP contribution >= 0.6 is 11.3 Å². The van der Waals surface area contributed by atoms with E-state index in [0.717, 1.165) is 38.0 Å². The van der Waals surface area contributed by atoms with E-state index in [4.69, 9.17) is 0 Å². The number of piperidine rings is 1. The van der Waals surface area contributed by atoms with Crippen LogP contribution in [0.25, 0.3) is 0 Å². The molecule has 0 bridgehead atoms. The second kappa shape index (κ2) is 6.69. The van der Waals surface area contributed by atoms with Crippen molar-refractivity contribution in [2.24, 2.45) is 0 Å². The average molecular weight is 333 g/mol. The van der Waals surface area contributed by atoms with Gasteiger partial charge in [-0.25, -0.2) is 0 Å². The summed E-state index contributed by atoms with van der Waals surface area (Å²) in [4.78, 5) is 25.2. The van der Waals surface area contributed by atoms with E-state index in [0.29, 0.717) is 5.13 Å². The molecule has 1 N–H and O–H groups in total. The van der Waals surface area contributed by atoms with Crippen molar-refractivity contribution in [1.29, 1.82) is 0 Å². The number of nitrogens with zero attached hydrogens (tertiary/aromatic N) is 4. The van der Waals surface area contributed by atoms with Crippen molar-refractivity contribution in [2.45, 2.75) is 19.3 Å². The molecule has 8 nitrogen and oxygen atoms in total. The summed E-state index contributed by atoms with van der Waals surface area (Å²) in [6.45, 7) is 1.69. The Morgan fingerprint density at radius 1 is 1.30 bits per heavy atom. The Morgan fingerprint density at radius 2 is 2.09 bits per heavy atom. The first-order chi connectivity index (χ1) is 11.1. The van der Waals surface area contributed by atoms with Gasteiger partial charge in [-0.2, -0.15) is 0 Å². The topological polar surface area (TPSA) is 101 Å². The predicted octanol–water partition coefficient (Wildman–Crippen LogP) is 2.69. The molecule has 0 unspecified atom stereocenters. The van der Waals surface area contributed by atoms with Gasteiger partial charge in [-0.15, -0.1) is 10.2 Å². The second-order valence-electron chi connectivity index (χ2n) is 5.20. The van der Waals surface area contributed by atoms with Gasteiger partial charge in [-0.1, -0.05) is 11.3 Å². The van der Waals surface area contributed by atoms with Gasteiger partial charge < -0.3 is 4.90 Å². The Hall–Kier alpha value is -2.55. The number of hydrogen-bond acceptors (Lipinski definition) is 7. The van der Waals surface area contributed by atoms with Gasteiger partial charge in [0.15, 0.2) is 0 Å². The van der Waals surface area contributed by atoms with Crippen LogP contribution in [0.4, 0.5) is 16.5 Å². The van der Waals surface area contributed by atoms with Crippen LogP contribution in [0.3, 0.4) is 0 Å². The van der Waals surface area contributed by atoms with Crippen LogP contribution < -0.4 is 10.2 Å². The highest BCUT2D eigenvalue weighted by molar-refractivity contribution is 7.13. The summed E-state index contributed by atoms with van der Waals surface area (Å²) in [6, 6.07) is 4.41. The maximum Gasteiger partial charge on any atom is 0.270 e. The zero-order chi connectivity index (χ0) is 16.2. The van der Waals surface area contributed by atoms with E-state index in [1.807, 2.05) is 0 Å². The molecule has 1 aliphatic heterocycles. The third-order valence-electron chi connectivity index (χ3n) is 3.71. The van der Waals surface area contributed by atoms with Crippen LogP contribution in [0, 0.1) is 10.1 Å². The lowest BCUT2D eigenvalue weighted by Crippen LogP contribution is -2.31. The Balaban J connectivity index is 1.94. The summed E-state index contributed by atoms with van der Waals surface area (Å²) >= 11 is 1.20. The standard InChI is InChI=1S/C14H15N5O3S/c20-13(16-14-17-15-9-23-14)11-8-10(19(21)22)4-5-12(11)18-6-2-1-3-7-18/h4-5,8-9H,1-3,6-7H2,(H,16,17,20). The zero-order valence-electron chi connectivity index (χ0n) is 12.3. The third kappa shape index (κ3) is 3.45. The summed E-state index contributed by atoms with van der Waals surface area (Å²) in [6.07, 6.45) is 3.26. The quantitative estimate of drug-likeness (QED) is 0.682.